The smallest absolute Gasteiger partial charge is 0.324 e. The molecule has 2 aromatic rings. The molecule has 0 radical (unpaired) electrons. The lowest BCUT2D eigenvalue weighted by Gasteiger charge is -2.12. The van der Waals surface area contributed by atoms with Crippen LogP contribution in [-0.2, 0) is 14.3 Å². The minimum absolute atomic E-state index is 0.127. The highest BCUT2D eigenvalue weighted by Crippen LogP contribution is 2.17. The summed E-state index contributed by atoms with van der Waals surface area (Å²) in [5.41, 5.74) is 2.26. The maximum Gasteiger partial charge on any atom is 0.324 e. The van der Waals surface area contributed by atoms with E-state index in [1.54, 1.807) is 31.2 Å². The Morgan fingerprint density at radius 2 is 1.42 bits per heavy atom. The van der Waals surface area contributed by atoms with Crippen molar-refractivity contribution < 1.29 is 19.1 Å². The molecule has 6 heteroatoms. The second-order valence-corrected chi connectivity index (χ2v) is 9.84. The van der Waals surface area contributed by atoms with Crippen molar-refractivity contribution in [3.05, 3.63) is 64.7 Å². The van der Waals surface area contributed by atoms with E-state index in [0.717, 1.165) is 42.1 Å². The van der Waals surface area contributed by atoms with Crippen molar-refractivity contribution in [3.63, 3.8) is 0 Å². The van der Waals surface area contributed by atoms with Crippen LogP contribution in [0.25, 0.3) is 0 Å². The van der Waals surface area contributed by atoms with E-state index in [-0.39, 0.29) is 6.61 Å². The summed E-state index contributed by atoms with van der Waals surface area (Å²) in [6, 6.07) is 14.5. The molecule has 204 valence electrons. The molecule has 0 saturated heterocycles. The van der Waals surface area contributed by atoms with Gasteiger partial charge in [0.25, 0.3) is 0 Å². The molecule has 0 aromatic heterocycles. The van der Waals surface area contributed by atoms with Crippen LogP contribution in [0, 0.1) is 17.8 Å². The summed E-state index contributed by atoms with van der Waals surface area (Å²) >= 11 is 5.88. The molecule has 1 atom stereocenters. The van der Waals surface area contributed by atoms with E-state index in [1.807, 2.05) is 24.3 Å². The maximum atomic E-state index is 12.6. The molecule has 0 heterocycles. The number of halogens is 1. The Labute approximate surface area is 232 Å². The van der Waals surface area contributed by atoms with E-state index in [0.29, 0.717) is 5.56 Å². The molecule has 1 unspecified atom stereocenters. The minimum Gasteiger partial charge on any atom is -0.465 e. The predicted octanol–water partition coefficient (Wildman–Crippen LogP) is 7.66. The molecule has 0 aliphatic heterocycles. The van der Waals surface area contributed by atoms with Gasteiger partial charge in [0.1, 0.15) is 0 Å². The number of nitrogens with one attached hydrogen (secondary N) is 1. The molecule has 0 spiro atoms. The van der Waals surface area contributed by atoms with Gasteiger partial charge in [-0.1, -0.05) is 68.4 Å². The SMILES string of the molecule is CCOC(=O)C(C(C)=O)C(=O)c1ccc(NCCCCCCCCCCCC#Cc2ccc(Cl)cc2)cc1. The van der Waals surface area contributed by atoms with Gasteiger partial charge in [-0.2, -0.15) is 0 Å². The van der Waals surface area contributed by atoms with Gasteiger partial charge in [-0.05, 0) is 75.2 Å². The van der Waals surface area contributed by atoms with Crippen molar-refractivity contribution in [3.8, 4) is 11.8 Å². The first-order chi connectivity index (χ1) is 18.4. The van der Waals surface area contributed by atoms with E-state index in [2.05, 4.69) is 17.2 Å². The number of rotatable bonds is 17. The fourth-order valence-electron chi connectivity index (χ4n) is 4.11. The first-order valence-corrected chi connectivity index (χ1v) is 14.1. The highest BCUT2D eigenvalue weighted by atomic mass is 35.5. The number of hydrogen-bond acceptors (Lipinski definition) is 5. The van der Waals surface area contributed by atoms with E-state index in [1.165, 1.54) is 51.9 Å². The number of ether oxygens (including phenoxy) is 1. The molecule has 0 aliphatic carbocycles. The molecular formula is C32H40ClNO4. The fourth-order valence-corrected chi connectivity index (χ4v) is 4.23. The summed E-state index contributed by atoms with van der Waals surface area (Å²) in [6.45, 7) is 3.87. The van der Waals surface area contributed by atoms with Crippen LogP contribution in [0.1, 0.15) is 94.0 Å². The molecule has 0 fully saturated rings. The van der Waals surface area contributed by atoms with Crippen molar-refractivity contribution in [2.45, 2.75) is 78.1 Å². The zero-order chi connectivity index (χ0) is 27.6. The molecule has 38 heavy (non-hydrogen) atoms. The Hall–Kier alpha value is -3.10. The van der Waals surface area contributed by atoms with Crippen molar-refractivity contribution in [2.75, 3.05) is 18.5 Å². The topological polar surface area (TPSA) is 72.5 Å². The van der Waals surface area contributed by atoms with Gasteiger partial charge in [0, 0.05) is 34.8 Å². The quantitative estimate of drug-likeness (QED) is 0.0737. The molecule has 5 nitrogen and oxygen atoms in total. The Kier molecular flexibility index (Phi) is 14.9. The van der Waals surface area contributed by atoms with Crippen LogP contribution in [0.2, 0.25) is 5.02 Å². The van der Waals surface area contributed by atoms with Gasteiger partial charge < -0.3 is 10.1 Å². The zero-order valence-electron chi connectivity index (χ0n) is 22.7. The first-order valence-electron chi connectivity index (χ1n) is 13.7. The van der Waals surface area contributed by atoms with Crippen LogP contribution in [0.15, 0.2) is 48.5 Å². The Bertz CT molecular complexity index is 1070. The Morgan fingerprint density at radius 1 is 0.842 bits per heavy atom. The third-order valence-corrected chi connectivity index (χ3v) is 6.50. The number of Topliss-reactive ketones (excluding diaryl/α,β-unsaturated/α-hetero) is 2. The lowest BCUT2D eigenvalue weighted by atomic mass is 9.94. The van der Waals surface area contributed by atoms with Crippen LogP contribution >= 0.6 is 11.6 Å². The van der Waals surface area contributed by atoms with Crippen LogP contribution in [-0.4, -0.2) is 30.7 Å². The zero-order valence-corrected chi connectivity index (χ0v) is 23.4. The van der Waals surface area contributed by atoms with Gasteiger partial charge in [0.2, 0.25) is 0 Å². The highest BCUT2D eigenvalue weighted by molar-refractivity contribution is 6.30. The van der Waals surface area contributed by atoms with Gasteiger partial charge in [-0.25, -0.2) is 0 Å². The first kappa shape index (κ1) is 31.1. The largest absolute Gasteiger partial charge is 0.465 e. The number of benzene rings is 2. The summed E-state index contributed by atoms with van der Waals surface area (Å²) in [4.78, 5) is 36.4. The van der Waals surface area contributed by atoms with Crippen molar-refractivity contribution in [1.29, 1.82) is 0 Å². The summed E-state index contributed by atoms with van der Waals surface area (Å²) in [6.07, 6.45) is 12.0. The molecule has 0 bridgehead atoms. The number of unbranched alkanes of at least 4 members (excludes halogenated alkanes) is 9. The third-order valence-electron chi connectivity index (χ3n) is 6.25. The number of ketones is 2. The Morgan fingerprint density at radius 3 is 2.00 bits per heavy atom. The van der Waals surface area contributed by atoms with Gasteiger partial charge in [0.15, 0.2) is 17.5 Å². The number of carbonyl (C=O) groups excluding carboxylic acids is 3. The lowest BCUT2D eigenvalue weighted by Crippen LogP contribution is -2.32. The van der Waals surface area contributed by atoms with Gasteiger partial charge in [0.05, 0.1) is 6.61 Å². The normalized spacial score (nSPS) is 11.2. The second-order valence-electron chi connectivity index (χ2n) is 9.40. The monoisotopic (exact) mass is 537 g/mol. The number of esters is 1. The van der Waals surface area contributed by atoms with E-state index >= 15 is 0 Å². The standard InChI is InChI=1S/C32H40ClNO4/c1-3-38-32(37)30(25(2)35)31(36)27-18-22-29(23-19-27)34-24-14-12-10-8-6-4-5-7-9-11-13-15-26-16-20-28(33)21-17-26/h16-23,30,34H,3-12,14,24H2,1-2H3. The minimum atomic E-state index is -1.39. The summed E-state index contributed by atoms with van der Waals surface area (Å²) < 4.78 is 4.88. The molecular weight excluding hydrogens is 498 g/mol. The van der Waals surface area contributed by atoms with E-state index < -0.39 is 23.5 Å². The van der Waals surface area contributed by atoms with Gasteiger partial charge >= 0.3 is 5.97 Å². The number of carbonyl (C=O) groups is 3. The summed E-state index contributed by atoms with van der Waals surface area (Å²) in [7, 11) is 0. The fraction of sp³-hybridized carbons (Fsp3) is 0.469. The molecule has 1 N–H and O–H groups in total. The maximum absolute atomic E-state index is 12.6. The lowest BCUT2D eigenvalue weighted by molar-refractivity contribution is -0.148. The predicted molar refractivity (Wildman–Crippen MR) is 155 cm³/mol. The average Bonchev–Trinajstić information content (AvgIpc) is 2.90. The number of hydrogen-bond donors (Lipinski definition) is 1. The van der Waals surface area contributed by atoms with Crippen molar-refractivity contribution in [1.82, 2.24) is 0 Å². The molecule has 0 saturated carbocycles. The van der Waals surface area contributed by atoms with Crippen LogP contribution in [0.5, 0.6) is 0 Å². The Balaban J connectivity index is 1.50. The molecule has 0 aliphatic rings. The molecule has 2 aromatic carbocycles. The molecule has 0 amide bonds. The van der Waals surface area contributed by atoms with Crippen LogP contribution < -0.4 is 5.32 Å². The second kappa shape index (κ2) is 18.2. The highest BCUT2D eigenvalue weighted by Gasteiger charge is 2.33. The van der Waals surface area contributed by atoms with Gasteiger partial charge in [-0.15, -0.1) is 0 Å². The van der Waals surface area contributed by atoms with Crippen LogP contribution in [0.3, 0.4) is 0 Å². The van der Waals surface area contributed by atoms with Crippen LogP contribution in [0.4, 0.5) is 5.69 Å². The summed E-state index contributed by atoms with van der Waals surface area (Å²) in [5.74, 6) is 3.22. The van der Waals surface area contributed by atoms with Crippen molar-refractivity contribution in [2.24, 2.45) is 5.92 Å². The van der Waals surface area contributed by atoms with E-state index in [4.69, 9.17) is 16.3 Å². The molecule has 2 rings (SSSR count). The number of anilines is 1. The third kappa shape index (κ3) is 12.0. The van der Waals surface area contributed by atoms with Gasteiger partial charge in [-0.3, -0.25) is 14.4 Å². The average molecular weight is 538 g/mol. The summed E-state index contributed by atoms with van der Waals surface area (Å²) in [5, 5.41) is 4.11. The van der Waals surface area contributed by atoms with E-state index in [9.17, 15) is 14.4 Å². The van der Waals surface area contributed by atoms with Crippen molar-refractivity contribution >= 4 is 34.8 Å².